The fraction of sp³-hybridized carbons (Fsp3) is 0.364. The van der Waals surface area contributed by atoms with Crippen molar-refractivity contribution in [3.05, 3.63) is 35.9 Å². The third kappa shape index (κ3) is 7.98. The Morgan fingerprint density at radius 3 is 2.53 bits per heavy atom. The Kier molecular flexibility index (Phi) is 9.84. The number of rotatable bonds is 4. The van der Waals surface area contributed by atoms with Gasteiger partial charge in [-0.2, -0.15) is 0 Å². The summed E-state index contributed by atoms with van der Waals surface area (Å²) in [6.07, 6.45) is 0.527. The first-order valence-corrected chi connectivity index (χ1v) is 6.14. The maximum Gasteiger partial charge on any atom is 0.323 e. The highest BCUT2D eigenvalue weighted by atomic mass is 31.1. The largest absolute Gasteiger partial charge is 0.465 e. The first-order valence-electron chi connectivity index (χ1n) is 5.18. The number of carbonyl (C=O) groups is 1. The predicted molar refractivity (Wildman–Crippen MR) is 75.2 cm³/mol. The zero-order valence-electron chi connectivity index (χ0n) is 9.80. The van der Waals surface area contributed by atoms with Crippen molar-refractivity contribution in [1.29, 1.82) is 0 Å². The summed E-state index contributed by atoms with van der Waals surface area (Å²) in [6, 6.07) is 9.11. The predicted octanol–water partition coefficient (Wildman–Crippen LogP) is 2.22. The molecular weight excluding hydrogens is 254 g/mol. The fourth-order valence-electron chi connectivity index (χ4n) is 1.20. The van der Waals surface area contributed by atoms with Gasteiger partial charge in [0.15, 0.2) is 0 Å². The molecule has 0 bridgehead atoms. The van der Waals surface area contributed by atoms with Crippen LogP contribution in [0.2, 0.25) is 0 Å². The molecular formula is C11H18N2O2P2. The summed E-state index contributed by atoms with van der Waals surface area (Å²) in [7, 11) is 4.89. The van der Waals surface area contributed by atoms with Gasteiger partial charge in [-0.15, -0.1) is 0 Å². The lowest BCUT2D eigenvalue weighted by Crippen LogP contribution is -2.34. The monoisotopic (exact) mass is 272 g/mol. The number of nitrogens with two attached hydrogens (primary N) is 1. The van der Waals surface area contributed by atoms with Crippen LogP contribution in [0, 0.1) is 0 Å². The summed E-state index contributed by atoms with van der Waals surface area (Å²) in [5.74, 6) is -0.337. The molecule has 0 saturated heterocycles. The molecule has 2 N–H and O–H groups in total. The Labute approximate surface area is 106 Å². The molecule has 2 atom stereocenters. The van der Waals surface area contributed by atoms with E-state index < -0.39 is 6.04 Å². The van der Waals surface area contributed by atoms with Crippen molar-refractivity contribution in [3.63, 3.8) is 0 Å². The first kappa shape index (κ1) is 16.2. The minimum absolute atomic E-state index is 0.337. The lowest BCUT2D eigenvalue weighted by molar-refractivity contribution is -0.144. The van der Waals surface area contributed by atoms with Crippen LogP contribution in [-0.2, 0) is 16.0 Å². The summed E-state index contributed by atoms with van der Waals surface area (Å²) < 4.78 is 8.03. The van der Waals surface area contributed by atoms with E-state index in [0.29, 0.717) is 13.0 Å². The fourth-order valence-corrected chi connectivity index (χ4v) is 1.20. The van der Waals surface area contributed by atoms with Crippen molar-refractivity contribution < 1.29 is 9.53 Å². The van der Waals surface area contributed by atoms with Crippen LogP contribution in [0.15, 0.2) is 34.8 Å². The molecule has 0 spiro atoms. The summed E-state index contributed by atoms with van der Waals surface area (Å²) >= 11 is 0. The van der Waals surface area contributed by atoms with Crippen molar-refractivity contribution in [3.8, 4) is 0 Å². The van der Waals surface area contributed by atoms with Gasteiger partial charge in [-0.3, -0.25) is 9.31 Å². The van der Waals surface area contributed by atoms with Crippen LogP contribution in [0.3, 0.4) is 0 Å². The van der Waals surface area contributed by atoms with Crippen molar-refractivity contribution in [2.75, 3.05) is 6.61 Å². The summed E-state index contributed by atoms with van der Waals surface area (Å²) in [6.45, 7) is 2.15. The second-order valence-corrected chi connectivity index (χ2v) is 4.21. The molecule has 1 unspecified atom stereocenters. The van der Waals surface area contributed by atoms with Gasteiger partial charge in [-0.05, 0) is 37.3 Å². The molecule has 94 valence electrons. The molecule has 17 heavy (non-hydrogen) atoms. The normalized spacial score (nSPS) is 10.8. The molecule has 0 aliphatic carbocycles. The lowest BCUT2D eigenvalue weighted by atomic mass is 10.1. The Morgan fingerprint density at radius 2 is 2.06 bits per heavy atom. The third-order valence-corrected chi connectivity index (χ3v) is 1.89. The van der Waals surface area contributed by atoms with E-state index in [0.717, 1.165) is 5.56 Å². The van der Waals surface area contributed by atoms with Crippen molar-refractivity contribution in [1.82, 2.24) is 0 Å². The SMILES string of the molecule is CCOC(=O)[C@@H](N)Cc1ccccc1.P=NP. The van der Waals surface area contributed by atoms with E-state index in [-0.39, 0.29) is 5.97 Å². The highest BCUT2D eigenvalue weighted by Crippen LogP contribution is 2.02. The van der Waals surface area contributed by atoms with Gasteiger partial charge in [0.1, 0.15) is 6.04 Å². The number of nitrogens with zero attached hydrogens (tertiary/aromatic N) is 1. The van der Waals surface area contributed by atoms with Crippen LogP contribution in [-0.4, -0.2) is 18.6 Å². The molecule has 0 saturated carbocycles. The summed E-state index contributed by atoms with van der Waals surface area (Å²) in [5, 5.41) is 0. The van der Waals surface area contributed by atoms with Gasteiger partial charge in [0.25, 0.3) is 0 Å². The number of carbonyl (C=O) groups excluding carboxylic acids is 1. The zero-order valence-corrected chi connectivity index (χ0v) is 12.0. The highest BCUT2D eigenvalue weighted by Gasteiger charge is 2.14. The molecule has 0 radical (unpaired) electrons. The molecule has 0 aliphatic heterocycles. The van der Waals surface area contributed by atoms with E-state index >= 15 is 0 Å². The maximum absolute atomic E-state index is 11.2. The van der Waals surface area contributed by atoms with Crippen LogP contribution in [0.1, 0.15) is 12.5 Å². The second-order valence-electron chi connectivity index (χ2n) is 3.18. The first-order chi connectivity index (χ1) is 8.15. The molecule has 0 aliphatic rings. The highest BCUT2D eigenvalue weighted by molar-refractivity contribution is 7.23. The summed E-state index contributed by atoms with van der Waals surface area (Å²) in [5.41, 5.74) is 6.71. The topological polar surface area (TPSA) is 64.7 Å². The Balaban J connectivity index is 0.000000770. The van der Waals surface area contributed by atoms with E-state index in [9.17, 15) is 4.79 Å². The standard InChI is InChI=1S/C11H15NO2.H3NP2/c1-2-14-11(13)10(12)8-9-6-4-3-5-7-9;2-1-3/h3-7,10H,2,8,12H2,1H3;2H,3H2/t10-;/m0./s1. The number of esters is 1. The lowest BCUT2D eigenvalue weighted by Gasteiger charge is -2.09. The number of benzene rings is 1. The molecule has 1 aromatic carbocycles. The molecule has 0 aromatic heterocycles. The second kappa shape index (κ2) is 10.3. The van der Waals surface area contributed by atoms with E-state index in [2.05, 4.69) is 22.9 Å². The summed E-state index contributed by atoms with van der Waals surface area (Å²) in [4.78, 5) is 11.2. The molecule has 0 heterocycles. The van der Waals surface area contributed by atoms with Gasteiger partial charge in [0.05, 0.1) is 6.61 Å². The molecule has 1 rings (SSSR count). The minimum Gasteiger partial charge on any atom is -0.465 e. The van der Waals surface area contributed by atoms with Crippen molar-refractivity contribution in [2.45, 2.75) is 19.4 Å². The van der Waals surface area contributed by atoms with Gasteiger partial charge >= 0.3 is 5.97 Å². The Morgan fingerprint density at radius 1 is 1.53 bits per heavy atom. The van der Waals surface area contributed by atoms with E-state index in [1.54, 1.807) is 6.92 Å². The average Bonchev–Trinajstić information content (AvgIpc) is 2.31. The zero-order chi connectivity index (χ0) is 13.1. The van der Waals surface area contributed by atoms with Gasteiger partial charge in [0.2, 0.25) is 0 Å². The van der Waals surface area contributed by atoms with Crippen LogP contribution in [0.4, 0.5) is 0 Å². The van der Waals surface area contributed by atoms with E-state index in [1.165, 1.54) is 0 Å². The smallest absolute Gasteiger partial charge is 0.323 e. The molecule has 4 nitrogen and oxygen atoms in total. The number of ether oxygens (including phenoxy) is 1. The average molecular weight is 272 g/mol. The number of hydrogen-bond acceptors (Lipinski definition) is 4. The quantitative estimate of drug-likeness (QED) is 0.675. The van der Waals surface area contributed by atoms with Crippen molar-refractivity contribution >= 4 is 24.4 Å². The van der Waals surface area contributed by atoms with E-state index in [1.807, 2.05) is 30.3 Å². The van der Waals surface area contributed by atoms with E-state index in [4.69, 9.17) is 10.5 Å². The van der Waals surface area contributed by atoms with Crippen LogP contribution < -0.4 is 5.73 Å². The number of hydrogen-bond donors (Lipinski definition) is 1. The Bertz CT molecular complexity index is 334. The molecule has 1 aromatic rings. The van der Waals surface area contributed by atoms with Gasteiger partial charge < -0.3 is 10.5 Å². The molecule has 0 amide bonds. The molecule has 6 heteroatoms. The van der Waals surface area contributed by atoms with Gasteiger partial charge in [0, 0.05) is 0 Å². The van der Waals surface area contributed by atoms with Gasteiger partial charge in [-0.1, -0.05) is 30.3 Å². The maximum atomic E-state index is 11.2. The van der Waals surface area contributed by atoms with Gasteiger partial charge in [-0.25, -0.2) is 0 Å². The molecule has 0 fully saturated rings. The van der Waals surface area contributed by atoms with Crippen LogP contribution >= 0.6 is 18.4 Å². The third-order valence-electron chi connectivity index (χ3n) is 1.89. The van der Waals surface area contributed by atoms with Crippen LogP contribution in [0.5, 0.6) is 0 Å². The van der Waals surface area contributed by atoms with Crippen LogP contribution in [0.25, 0.3) is 0 Å². The Hall–Kier alpha value is -0.820. The minimum atomic E-state index is -0.558. The van der Waals surface area contributed by atoms with Crippen molar-refractivity contribution in [2.24, 2.45) is 10.2 Å².